The highest BCUT2D eigenvalue weighted by Crippen LogP contribution is 2.24. The topological polar surface area (TPSA) is 38.3 Å². The average Bonchev–Trinajstić information content (AvgIpc) is 2.40. The Morgan fingerprint density at radius 3 is 3.07 bits per heavy atom. The van der Waals surface area contributed by atoms with E-state index in [-0.39, 0.29) is 5.91 Å². The molecule has 1 aliphatic heterocycles. The van der Waals surface area contributed by atoms with E-state index in [9.17, 15) is 4.79 Å². The summed E-state index contributed by atoms with van der Waals surface area (Å²) in [5, 5.41) is 2.86. The molecule has 2 rings (SSSR count). The molecule has 0 spiro atoms. The summed E-state index contributed by atoms with van der Waals surface area (Å²) in [6.45, 7) is 0.747. The fourth-order valence-electron chi connectivity index (χ4n) is 1.78. The van der Waals surface area contributed by atoms with Gasteiger partial charge in [0.1, 0.15) is 5.75 Å². The SMILES string of the molecule is COc1cccc2c1C(=O)NCCC2. The van der Waals surface area contributed by atoms with Crippen molar-refractivity contribution in [3.8, 4) is 5.75 Å². The van der Waals surface area contributed by atoms with E-state index >= 15 is 0 Å². The maximum Gasteiger partial charge on any atom is 0.255 e. The van der Waals surface area contributed by atoms with Crippen molar-refractivity contribution in [2.24, 2.45) is 0 Å². The standard InChI is InChI=1S/C11H13NO2/c1-14-9-6-2-4-8-5-3-7-12-11(13)10(8)9/h2,4,6H,3,5,7H2,1H3,(H,12,13). The highest BCUT2D eigenvalue weighted by Gasteiger charge is 2.18. The first-order valence-corrected chi connectivity index (χ1v) is 4.77. The number of amides is 1. The number of fused-ring (bicyclic) bond motifs is 1. The largest absolute Gasteiger partial charge is 0.496 e. The van der Waals surface area contributed by atoms with Crippen LogP contribution in [0.5, 0.6) is 5.75 Å². The van der Waals surface area contributed by atoms with Crippen molar-refractivity contribution in [3.05, 3.63) is 29.3 Å². The Hall–Kier alpha value is -1.51. The van der Waals surface area contributed by atoms with Gasteiger partial charge in [-0.05, 0) is 24.5 Å². The third-order valence-electron chi connectivity index (χ3n) is 2.47. The molecule has 0 radical (unpaired) electrons. The van der Waals surface area contributed by atoms with Crippen LogP contribution >= 0.6 is 0 Å². The number of methoxy groups -OCH3 is 1. The van der Waals surface area contributed by atoms with Gasteiger partial charge >= 0.3 is 0 Å². The highest BCUT2D eigenvalue weighted by molar-refractivity contribution is 5.98. The second kappa shape index (κ2) is 3.70. The van der Waals surface area contributed by atoms with E-state index in [4.69, 9.17) is 4.74 Å². The van der Waals surface area contributed by atoms with Crippen LogP contribution in [0.25, 0.3) is 0 Å². The van der Waals surface area contributed by atoms with E-state index in [1.165, 1.54) is 0 Å². The molecule has 1 amide bonds. The molecule has 1 aliphatic rings. The Balaban J connectivity index is 2.53. The van der Waals surface area contributed by atoms with Gasteiger partial charge in [0.05, 0.1) is 12.7 Å². The molecule has 1 aromatic carbocycles. The van der Waals surface area contributed by atoms with Crippen LogP contribution in [-0.4, -0.2) is 19.6 Å². The summed E-state index contributed by atoms with van der Waals surface area (Å²) in [6.07, 6.45) is 1.93. The van der Waals surface area contributed by atoms with E-state index < -0.39 is 0 Å². The van der Waals surface area contributed by atoms with Crippen LogP contribution in [0.15, 0.2) is 18.2 Å². The molecule has 14 heavy (non-hydrogen) atoms. The van der Waals surface area contributed by atoms with Crippen LogP contribution in [0, 0.1) is 0 Å². The highest BCUT2D eigenvalue weighted by atomic mass is 16.5. The van der Waals surface area contributed by atoms with Crippen molar-refractivity contribution in [3.63, 3.8) is 0 Å². The molecule has 0 atom stereocenters. The molecule has 0 saturated carbocycles. The number of carbonyl (C=O) groups excluding carboxylic acids is 1. The zero-order valence-corrected chi connectivity index (χ0v) is 8.17. The summed E-state index contributed by atoms with van der Waals surface area (Å²) >= 11 is 0. The quantitative estimate of drug-likeness (QED) is 0.728. The first-order valence-electron chi connectivity index (χ1n) is 4.77. The van der Waals surface area contributed by atoms with E-state index in [2.05, 4.69) is 5.32 Å². The third kappa shape index (κ3) is 1.45. The molecule has 0 aromatic heterocycles. The van der Waals surface area contributed by atoms with Gasteiger partial charge in [0.25, 0.3) is 5.91 Å². The lowest BCUT2D eigenvalue weighted by molar-refractivity contribution is 0.0953. The molecule has 0 saturated heterocycles. The number of benzene rings is 1. The smallest absolute Gasteiger partial charge is 0.255 e. The second-order valence-electron chi connectivity index (χ2n) is 3.35. The summed E-state index contributed by atoms with van der Waals surface area (Å²) in [6, 6.07) is 5.74. The van der Waals surface area contributed by atoms with Crippen LogP contribution in [0.2, 0.25) is 0 Å². The van der Waals surface area contributed by atoms with Crippen molar-refractivity contribution in [1.82, 2.24) is 5.32 Å². The van der Waals surface area contributed by atoms with Gasteiger partial charge in [0.2, 0.25) is 0 Å². The lowest BCUT2D eigenvalue weighted by Gasteiger charge is -2.09. The number of rotatable bonds is 1. The van der Waals surface area contributed by atoms with Gasteiger partial charge in [0.15, 0.2) is 0 Å². The van der Waals surface area contributed by atoms with E-state index in [0.29, 0.717) is 11.3 Å². The molecule has 0 aliphatic carbocycles. The van der Waals surface area contributed by atoms with Crippen LogP contribution in [0.3, 0.4) is 0 Å². The van der Waals surface area contributed by atoms with Crippen molar-refractivity contribution < 1.29 is 9.53 Å². The normalized spacial score (nSPS) is 15.4. The summed E-state index contributed by atoms with van der Waals surface area (Å²) in [4.78, 5) is 11.7. The molecule has 0 unspecified atom stereocenters. The maximum atomic E-state index is 11.7. The van der Waals surface area contributed by atoms with Gasteiger partial charge in [-0.3, -0.25) is 4.79 Å². The van der Waals surface area contributed by atoms with Crippen molar-refractivity contribution in [1.29, 1.82) is 0 Å². The van der Waals surface area contributed by atoms with Gasteiger partial charge in [-0.1, -0.05) is 12.1 Å². The number of aryl methyl sites for hydroxylation is 1. The molecule has 3 nitrogen and oxygen atoms in total. The molecule has 0 bridgehead atoms. The summed E-state index contributed by atoms with van der Waals surface area (Å²) < 4.78 is 5.18. The molecular weight excluding hydrogens is 178 g/mol. The minimum absolute atomic E-state index is 0.0186. The molecule has 3 heteroatoms. The number of ether oxygens (including phenoxy) is 1. The number of hydrogen-bond donors (Lipinski definition) is 1. The summed E-state index contributed by atoms with van der Waals surface area (Å²) in [5.41, 5.74) is 1.78. The zero-order valence-electron chi connectivity index (χ0n) is 8.17. The average molecular weight is 191 g/mol. The minimum atomic E-state index is -0.0186. The Bertz CT molecular complexity index is 360. The number of nitrogens with one attached hydrogen (secondary N) is 1. The van der Waals surface area contributed by atoms with E-state index in [1.54, 1.807) is 7.11 Å². The predicted molar refractivity (Wildman–Crippen MR) is 53.6 cm³/mol. The minimum Gasteiger partial charge on any atom is -0.496 e. The Labute approximate surface area is 83.1 Å². The van der Waals surface area contributed by atoms with Crippen molar-refractivity contribution in [2.75, 3.05) is 13.7 Å². The summed E-state index contributed by atoms with van der Waals surface area (Å²) in [7, 11) is 1.59. The number of hydrogen-bond acceptors (Lipinski definition) is 2. The van der Waals surface area contributed by atoms with E-state index in [0.717, 1.165) is 24.9 Å². The van der Waals surface area contributed by atoms with Crippen molar-refractivity contribution in [2.45, 2.75) is 12.8 Å². The van der Waals surface area contributed by atoms with Crippen LogP contribution in [0.4, 0.5) is 0 Å². The Morgan fingerprint density at radius 2 is 2.29 bits per heavy atom. The number of carbonyl (C=O) groups is 1. The fourth-order valence-corrected chi connectivity index (χ4v) is 1.78. The predicted octanol–water partition coefficient (Wildman–Crippen LogP) is 1.37. The van der Waals surface area contributed by atoms with Crippen LogP contribution in [-0.2, 0) is 6.42 Å². The van der Waals surface area contributed by atoms with Crippen LogP contribution in [0.1, 0.15) is 22.3 Å². The lowest BCUT2D eigenvalue weighted by Crippen LogP contribution is -2.23. The lowest BCUT2D eigenvalue weighted by atomic mass is 10.0. The Morgan fingerprint density at radius 1 is 1.43 bits per heavy atom. The van der Waals surface area contributed by atoms with Gasteiger partial charge in [0, 0.05) is 6.54 Å². The molecule has 0 fully saturated rings. The monoisotopic (exact) mass is 191 g/mol. The zero-order chi connectivity index (χ0) is 9.97. The van der Waals surface area contributed by atoms with Gasteiger partial charge in [-0.15, -0.1) is 0 Å². The second-order valence-corrected chi connectivity index (χ2v) is 3.35. The fraction of sp³-hybridized carbons (Fsp3) is 0.364. The molecular formula is C11H13NO2. The van der Waals surface area contributed by atoms with E-state index in [1.807, 2.05) is 18.2 Å². The van der Waals surface area contributed by atoms with Crippen LogP contribution < -0.4 is 10.1 Å². The van der Waals surface area contributed by atoms with Crippen molar-refractivity contribution >= 4 is 5.91 Å². The first kappa shape index (κ1) is 9.06. The molecule has 1 aromatic rings. The molecule has 1 heterocycles. The molecule has 74 valence electrons. The summed E-state index contributed by atoms with van der Waals surface area (Å²) in [5.74, 6) is 0.650. The maximum absolute atomic E-state index is 11.7. The molecule has 1 N–H and O–H groups in total. The van der Waals surface area contributed by atoms with Gasteiger partial charge in [-0.2, -0.15) is 0 Å². The van der Waals surface area contributed by atoms with Gasteiger partial charge in [-0.25, -0.2) is 0 Å². The third-order valence-corrected chi connectivity index (χ3v) is 2.47. The first-order chi connectivity index (χ1) is 6.83. The Kier molecular flexibility index (Phi) is 2.39. The van der Waals surface area contributed by atoms with Gasteiger partial charge < -0.3 is 10.1 Å².